The molecule has 4 nitrogen and oxygen atoms in total. The molecule has 0 saturated carbocycles. The fraction of sp³-hybridized carbons (Fsp3) is 0.364. The predicted octanol–water partition coefficient (Wildman–Crippen LogP) is 1.69. The largest absolute Gasteiger partial charge is 0.480 e. The summed E-state index contributed by atoms with van der Waals surface area (Å²) >= 11 is 3.36. The Morgan fingerprint density at radius 1 is 1.50 bits per heavy atom. The topological polar surface area (TPSA) is 66.6 Å². The molecule has 1 aromatic carbocycles. The number of carbonyl (C=O) groups is 1. The fourth-order valence-corrected chi connectivity index (χ4v) is 1.55. The van der Waals surface area contributed by atoms with Gasteiger partial charge in [-0.15, -0.1) is 0 Å². The molecular formula is C11H15BrN2O2. The van der Waals surface area contributed by atoms with Crippen LogP contribution >= 0.6 is 15.9 Å². The van der Waals surface area contributed by atoms with Gasteiger partial charge in [0.1, 0.15) is 6.04 Å². The van der Waals surface area contributed by atoms with E-state index in [1.54, 1.807) is 0 Å². The molecule has 0 fully saturated rings. The molecule has 0 bridgehead atoms. The Morgan fingerprint density at radius 3 is 2.56 bits per heavy atom. The first-order valence-electron chi connectivity index (χ1n) is 4.96. The smallest absolute Gasteiger partial charge is 0.320 e. The molecule has 1 unspecified atom stereocenters. The van der Waals surface area contributed by atoms with Gasteiger partial charge in [-0.1, -0.05) is 15.9 Å². The Morgan fingerprint density at radius 2 is 2.06 bits per heavy atom. The molecule has 0 heterocycles. The molecule has 5 heteroatoms. The van der Waals surface area contributed by atoms with Gasteiger partial charge in [-0.2, -0.15) is 0 Å². The Bertz CT molecular complexity index is 354. The third kappa shape index (κ3) is 3.83. The molecule has 1 rings (SSSR count). The number of carboxylic acids is 1. The van der Waals surface area contributed by atoms with Gasteiger partial charge < -0.3 is 15.7 Å². The molecule has 1 atom stereocenters. The van der Waals surface area contributed by atoms with Crippen LogP contribution in [0.15, 0.2) is 28.7 Å². The molecule has 0 aliphatic carbocycles. The lowest BCUT2D eigenvalue weighted by Gasteiger charge is -2.20. The minimum absolute atomic E-state index is 0.432. The molecule has 16 heavy (non-hydrogen) atoms. The zero-order chi connectivity index (χ0) is 12.1. The number of anilines is 1. The number of hydrogen-bond acceptors (Lipinski definition) is 3. The third-order valence-electron chi connectivity index (χ3n) is 2.36. The number of halogens is 1. The number of nitrogens with zero attached hydrogens (tertiary/aromatic N) is 1. The van der Waals surface area contributed by atoms with Crippen molar-refractivity contribution >= 4 is 27.6 Å². The summed E-state index contributed by atoms with van der Waals surface area (Å²) in [7, 11) is 1.91. The van der Waals surface area contributed by atoms with E-state index in [1.807, 2.05) is 36.2 Å². The molecule has 0 aliphatic rings. The second-order valence-electron chi connectivity index (χ2n) is 3.63. The van der Waals surface area contributed by atoms with Crippen LogP contribution in [-0.4, -0.2) is 30.7 Å². The molecular weight excluding hydrogens is 272 g/mol. The van der Waals surface area contributed by atoms with Crippen LogP contribution in [0.25, 0.3) is 0 Å². The maximum atomic E-state index is 10.5. The van der Waals surface area contributed by atoms with E-state index in [0.717, 1.165) is 10.2 Å². The summed E-state index contributed by atoms with van der Waals surface area (Å²) in [6, 6.07) is 7.04. The van der Waals surface area contributed by atoms with E-state index in [4.69, 9.17) is 10.8 Å². The van der Waals surface area contributed by atoms with Crippen molar-refractivity contribution < 1.29 is 9.90 Å². The molecule has 1 aromatic rings. The summed E-state index contributed by atoms with van der Waals surface area (Å²) in [5.41, 5.74) is 6.48. The number of hydrogen-bond donors (Lipinski definition) is 2. The molecule has 0 aromatic heterocycles. The fourth-order valence-electron chi connectivity index (χ4n) is 1.28. The second-order valence-corrected chi connectivity index (χ2v) is 4.55. The summed E-state index contributed by atoms with van der Waals surface area (Å²) < 4.78 is 1.02. The van der Waals surface area contributed by atoms with E-state index in [0.29, 0.717) is 13.0 Å². The normalized spacial score (nSPS) is 12.2. The summed E-state index contributed by atoms with van der Waals surface area (Å²) in [6.07, 6.45) is 0.432. The first-order valence-corrected chi connectivity index (χ1v) is 5.75. The molecule has 0 radical (unpaired) electrons. The quantitative estimate of drug-likeness (QED) is 0.864. The maximum absolute atomic E-state index is 10.5. The van der Waals surface area contributed by atoms with Gasteiger partial charge >= 0.3 is 5.97 Å². The number of nitrogens with two attached hydrogens (primary N) is 1. The molecule has 88 valence electrons. The van der Waals surface area contributed by atoms with Crippen molar-refractivity contribution in [2.45, 2.75) is 12.5 Å². The van der Waals surface area contributed by atoms with Crippen LogP contribution in [0.4, 0.5) is 5.69 Å². The number of carboxylic acid groups (broad SMARTS) is 1. The zero-order valence-electron chi connectivity index (χ0n) is 9.06. The lowest BCUT2D eigenvalue weighted by molar-refractivity contribution is -0.138. The highest BCUT2D eigenvalue weighted by Gasteiger charge is 2.12. The van der Waals surface area contributed by atoms with E-state index < -0.39 is 12.0 Å². The van der Waals surface area contributed by atoms with E-state index in [1.165, 1.54) is 0 Å². The van der Waals surface area contributed by atoms with Crippen LogP contribution < -0.4 is 10.6 Å². The molecule has 0 aliphatic heterocycles. The average Bonchev–Trinajstić information content (AvgIpc) is 2.26. The van der Waals surface area contributed by atoms with Crippen LogP contribution in [0.3, 0.4) is 0 Å². The van der Waals surface area contributed by atoms with Gasteiger partial charge in [-0.3, -0.25) is 4.79 Å². The van der Waals surface area contributed by atoms with E-state index in [-0.39, 0.29) is 0 Å². The highest BCUT2D eigenvalue weighted by Crippen LogP contribution is 2.17. The second kappa shape index (κ2) is 5.86. The van der Waals surface area contributed by atoms with Gasteiger partial charge in [0.15, 0.2) is 0 Å². The molecule has 0 amide bonds. The first-order chi connectivity index (χ1) is 7.50. The summed E-state index contributed by atoms with van der Waals surface area (Å²) in [5.74, 6) is -0.954. The average molecular weight is 287 g/mol. The van der Waals surface area contributed by atoms with E-state index in [2.05, 4.69) is 15.9 Å². The van der Waals surface area contributed by atoms with Crippen molar-refractivity contribution in [3.05, 3.63) is 28.7 Å². The van der Waals surface area contributed by atoms with Crippen molar-refractivity contribution in [2.75, 3.05) is 18.5 Å². The summed E-state index contributed by atoms with van der Waals surface area (Å²) in [4.78, 5) is 12.5. The van der Waals surface area contributed by atoms with Crippen molar-refractivity contribution in [1.29, 1.82) is 0 Å². The van der Waals surface area contributed by atoms with Crippen LogP contribution in [0, 0.1) is 0 Å². The molecule has 0 spiro atoms. The van der Waals surface area contributed by atoms with Crippen molar-refractivity contribution in [2.24, 2.45) is 5.73 Å². The monoisotopic (exact) mass is 286 g/mol. The van der Waals surface area contributed by atoms with Crippen LogP contribution in [-0.2, 0) is 4.79 Å². The minimum atomic E-state index is -0.954. The maximum Gasteiger partial charge on any atom is 0.320 e. The van der Waals surface area contributed by atoms with Gasteiger partial charge in [0, 0.05) is 23.8 Å². The first kappa shape index (κ1) is 13.0. The van der Waals surface area contributed by atoms with Gasteiger partial charge in [0.25, 0.3) is 0 Å². The summed E-state index contributed by atoms with van der Waals surface area (Å²) in [6.45, 7) is 0.620. The summed E-state index contributed by atoms with van der Waals surface area (Å²) in [5, 5.41) is 8.65. The Hall–Kier alpha value is -1.07. The highest BCUT2D eigenvalue weighted by atomic mass is 79.9. The van der Waals surface area contributed by atoms with Crippen LogP contribution in [0.1, 0.15) is 6.42 Å². The highest BCUT2D eigenvalue weighted by molar-refractivity contribution is 9.10. The number of rotatable bonds is 5. The van der Waals surface area contributed by atoms with Crippen LogP contribution in [0.2, 0.25) is 0 Å². The Balaban J connectivity index is 2.49. The SMILES string of the molecule is CN(CCC(N)C(=O)O)c1ccc(Br)cc1. The molecule has 3 N–H and O–H groups in total. The number of aliphatic carboxylic acids is 1. The standard InChI is InChI=1S/C11H15BrN2O2/c1-14(7-6-10(13)11(15)16)9-4-2-8(12)3-5-9/h2-5,10H,6-7,13H2,1H3,(H,15,16). The lowest BCUT2D eigenvalue weighted by Crippen LogP contribution is -2.34. The van der Waals surface area contributed by atoms with Gasteiger partial charge in [0.05, 0.1) is 0 Å². The lowest BCUT2D eigenvalue weighted by atomic mass is 10.2. The third-order valence-corrected chi connectivity index (χ3v) is 2.89. The van der Waals surface area contributed by atoms with Gasteiger partial charge in [-0.05, 0) is 30.7 Å². The molecule has 0 saturated heterocycles. The van der Waals surface area contributed by atoms with Crippen molar-refractivity contribution in [3.63, 3.8) is 0 Å². The Kier molecular flexibility index (Phi) is 4.76. The van der Waals surface area contributed by atoms with Crippen molar-refractivity contribution in [3.8, 4) is 0 Å². The van der Waals surface area contributed by atoms with Gasteiger partial charge in [0.2, 0.25) is 0 Å². The van der Waals surface area contributed by atoms with Crippen LogP contribution in [0.5, 0.6) is 0 Å². The van der Waals surface area contributed by atoms with E-state index >= 15 is 0 Å². The van der Waals surface area contributed by atoms with Gasteiger partial charge in [-0.25, -0.2) is 0 Å². The van der Waals surface area contributed by atoms with E-state index in [9.17, 15) is 4.79 Å². The predicted molar refractivity (Wildman–Crippen MR) is 67.6 cm³/mol. The number of benzene rings is 1. The minimum Gasteiger partial charge on any atom is -0.480 e. The zero-order valence-corrected chi connectivity index (χ0v) is 10.6. The Labute approximate surface area is 103 Å². The van der Waals surface area contributed by atoms with Crippen molar-refractivity contribution in [1.82, 2.24) is 0 Å².